The number of carbonyl (C=O) groups excluding carboxylic acids is 2. The highest BCUT2D eigenvalue weighted by molar-refractivity contribution is 7.22. The van der Waals surface area contributed by atoms with Crippen molar-refractivity contribution in [2.75, 3.05) is 18.6 Å². The number of thiazole rings is 1. The summed E-state index contributed by atoms with van der Waals surface area (Å²) < 4.78 is 11.8. The maximum absolute atomic E-state index is 13.4. The number of unbranched alkanes of at least 4 members (excludes halogenated alkanes) is 1. The number of hydrogen-bond acceptors (Lipinski definition) is 7. The van der Waals surface area contributed by atoms with E-state index in [9.17, 15) is 14.7 Å². The van der Waals surface area contributed by atoms with Gasteiger partial charge in [0.1, 0.15) is 17.3 Å². The number of aromatic nitrogens is 1. The smallest absolute Gasteiger partial charge is 0.301 e. The van der Waals surface area contributed by atoms with Crippen molar-refractivity contribution in [1.82, 2.24) is 4.98 Å². The van der Waals surface area contributed by atoms with Crippen LogP contribution in [0.15, 0.2) is 72.3 Å². The third kappa shape index (κ3) is 4.85. The minimum Gasteiger partial charge on any atom is -0.507 e. The number of rotatable bonds is 8. The fourth-order valence-corrected chi connectivity index (χ4v) is 5.59. The topological polar surface area (TPSA) is 89.0 Å². The summed E-state index contributed by atoms with van der Waals surface area (Å²) in [5.41, 5.74) is 1.67. The second-order valence-electron chi connectivity index (χ2n) is 8.78. The molecule has 1 aromatic heterocycles. The fourth-order valence-electron chi connectivity index (χ4n) is 4.32. The van der Waals surface area contributed by atoms with E-state index in [1.165, 1.54) is 16.2 Å². The van der Waals surface area contributed by atoms with E-state index in [-0.39, 0.29) is 11.3 Å². The van der Waals surface area contributed by atoms with Crippen LogP contribution in [0.1, 0.15) is 36.9 Å². The van der Waals surface area contributed by atoms with E-state index in [4.69, 9.17) is 21.1 Å². The average Bonchev–Trinajstić information content (AvgIpc) is 3.46. The second-order valence-corrected chi connectivity index (χ2v) is 10.2. The molecule has 4 aromatic rings. The molecule has 1 saturated heterocycles. The largest absolute Gasteiger partial charge is 0.507 e. The highest BCUT2D eigenvalue weighted by Gasteiger charge is 2.48. The van der Waals surface area contributed by atoms with Gasteiger partial charge in [0.05, 0.1) is 35.5 Å². The van der Waals surface area contributed by atoms with Crippen molar-refractivity contribution in [2.45, 2.75) is 25.8 Å². The number of fused-ring (bicyclic) bond motifs is 1. The number of carbonyl (C=O) groups is 2. The molecule has 1 N–H and O–H groups in total. The number of ketones is 1. The summed E-state index contributed by atoms with van der Waals surface area (Å²) in [5, 5.41) is 12.2. The van der Waals surface area contributed by atoms with Gasteiger partial charge in [-0.3, -0.25) is 14.5 Å². The first-order valence-electron chi connectivity index (χ1n) is 12.2. The Bertz CT molecular complexity index is 1530. The van der Waals surface area contributed by atoms with Crippen LogP contribution in [-0.2, 0) is 9.59 Å². The number of anilines is 1. The molecule has 0 spiro atoms. The number of aliphatic hydroxyl groups is 1. The third-order valence-electron chi connectivity index (χ3n) is 6.32. The van der Waals surface area contributed by atoms with E-state index in [1.807, 2.05) is 0 Å². The van der Waals surface area contributed by atoms with E-state index in [1.54, 1.807) is 73.8 Å². The molecular formula is C29H25ClN2O5S. The Balaban J connectivity index is 1.63. The van der Waals surface area contributed by atoms with E-state index in [0.717, 1.165) is 17.5 Å². The number of benzene rings is 3. The lowest BCUT2D eigenvalue weighted by molar-refractivity contribution is -0.132. The van der Waals surface area contributed by atoms with Gasteiger partial charge in [-0.1, -0.05) is 48.4 Å². The Morgan fingerprint density at radius 3 is 2.45 bits per heavy atom. The number of hydrogen-bond donors (Lipinski definition) is 1. The van der Waals surface area contributed by atoms with Gasteiger partial charge >= 0.3 is 5.91 Å². The Morgan fingerprint density at radius 2 is 1.76 bits per heavy atom. The van der Waals surface area contributed by atoms with Gasteiger partial charge in [0, 0.05) is 10.6 Å². The summed E-state index contributed by atoms with van der Waals surface area (Å²) in [6, 6.07) is 18.2. The third-order valence-corrected chi connectivity index (χ3v) is 7.57. The average molecular weight is 549 g/mol. The maximum atomic E-state index is 13.4. The molecule has 5 rings (SSSR count). The van der Waals surface area contributed by atoms with Gasteiger partial charge in [-0.25, -0.2) is 4.98 Å². The summed E-state index contributed by atoms with van der Waals surface area (Å²) >= 11 is 7.42. The van der Waals surface area contributed by atoms with Crippen molar-refractivity contribution in [3.8, 4) is 11.5 Å². The maximum Gasteiger partial charge on any atom is 0.301 e. The van der Waals surface area contributed by atoms with Gasteiger partial charge in [0.25, 0.3) is 5.78 Å². The van der Waals surface area contributed by atoms with Crippen LogP contribution in [0.2, 0.25) is 5.02 Å². The number of ether oxygens (including phenoxy) is 2. The van der Waals surface area contributed by atoms with Crippen LogP contribution in [0.3, 0.4) is 0 Å². The van der Waals surface area contributed by atoms with Gasteiger partial charge < -0.3 is 14.6 Å². The molecule has 1 aliphatic heterocycles. The van der Waals surface area contributed by atoms with Crippen molar-refractivity contribution in [3.05, 3.63) is 88.5 Å². The quantitative estimate of drug-likeness (QED) is 0.113. The predicted molar refractivity (Wildman–Crippen MR) is 149 cm³/mol. The van der Waals surface area contributed by atoms with Crippen LogP contribution >= 0.6 is 22.9 Å². The molecule has 1 fully saturated rings. The zero-order valence-electron chi connectivity index (χ0n) is 20.8. The Labute approximate surface area is 228 Å². The van der Waals surface area contributed by atoms with Crippen LogP contribution in [0, 0.1) is 0 Å². The number of methoxy groups -OCH3 is 1. The summed E-state index contributed by atoms with van der Waals surface area (Å²) in [7, 11) is 1.54. The molecule has 1 aliphatic rings. The molecule has 7 nitrogen and oxygen atoms in total. The second kappa shape index (κ2) is 10.8. The molecule has 0 aliphatic carbocycles. The first-order valence-corrected chi connectivity index (χ1v) is 13.3. The lowest BCUT2D eigenvalue weighted by atomic mass is 9.95. The molecule has 194 valence electrons. The minimum atomic E-state index is -0.891. The van der Waals surface area contributed by atoms with Crippen molar-refractivity contribution in [3.63, 3.8) is 0 Å². The molecule has 2 heterocycles. The van der Waals surface area contributed by atoms with Crippen LogP contribution < -0.4 is 14.4 Å². The Morgan fingerprint density at radius 1 is 1.05 bits per heavy atom. The van der Waals surface area contributed by atoms with Crippen molar-refractivity contribution < 1.29 is 24.2 Å². The SMILES string of the molecule is CCCCOc1ccc(C2/C(=C(\O)c3ccc(OC)cc3)C(=O)C(=O)N2c2nc3ccc(Cl)cc3s2)cc1. The number of aliphatic hydroxyl groups excluding tert-OH is 1. The molecule has 38 heavy (non-hydrogen) atoms. The molecular weight excluding hydrogens is 524 g/mol. The molecule has 1 unspecified atom stereocenters. The van der Waals surface area contributed by atoms with Gasteiger partial charge in [-0.05, 0) is 66.6 Å². The zero-order valence-corrected chi connectivity index (χ0v) is 22.4. The zero-order chi connectivity index (χ0) is 26.8. The van der Waals surface area contributed by atoms with Crippen LogP contribution in [0.4, 0.5) is 5.13 Å². The van der Waals surface area contributed by atoms with Crippen molar-refractivity contribution in [1.29, 1.82) is 0 Å². The van der Waals surface area contributed by atoms with Gasteiger partial charge in [-0.15, -0.1) is 0 Å². The number of nitrogens with zero attached hydrogens (tertiary/aromatic N) is 2. The number of amides is 1. The fraction of sp³-hybridized carbons (Fsp3) is 0.207. The molecule has 0 radical (unpaired) electrons. The van der Waals surface area contributed by atoms with Crippen LogP contribution in [-0.4, -0.2) is 35.5 Å². The van der Waals surface area contributed by atoms with E-state index >= 15 is 0 Å². The van der Waals surface area contributed by atoms with E-state index in [0.29, 0.717) is 44.9 Å². The van der Waals surface area contributed by atoms with Crippen molar-refractivity contribution in [2.24, 2.45) is 0 Å². The predicted octanol–water partition coefficient (Wildman–Crippen LogP) is 6.76. The first kappa shape index (κ1) is 25.8. The van der Waals surface area contributed by atoms with Gasteiger partial charge in [0.15, 0.2) is 5.13 Å². The monoisotopic (exact) mass is 548 g/mol. The van der Waals surface area contributed by atoms with Gasteiger partial charge in [-0.2, -0.15) is 0 Å². The normalized spacial score (nSPS) is 16.8. The summed E-state index contributed by atoms with van der Waals surface area (Å²) in [5.74, 6) is -0.539. The molecule has 1 amide bonds. The van der Waals surface area contributed by atoms with E-state index in [2.05, 4.69) is 11.9 Å². The highest BCUT2D eigenvalue weighted by atomic mass is 35.5. The lowest BCUT2D eigenvalue weighted by Gasteiger charge is -2.23. The Hall–Kier alpha value is -3.88. The summed E-state index contributed by atoms with van der Waals surface area (Å²) in [4.78, 5) is 32.8. The number of Topliss-reactive ketones (excluding diaryl/α,β-unsaturated/α-hetero) is 1. The van der Waals surface area contributed by atoms with Crippen LogP contribution in [0.5, 0.6) is 11.5 Å². The van der Waals surface area contributed by atoms with Crippen molar-refractivity contribution >= 4 is 55.7 Å². The number of halogens is 1. The highest BCUT2D eigenvalue weighted by Crippen LogP contribution is 2.44. The Kier molecular flexibility index (Phi) is 7.35. The molecule has 1 atom stereocenters. The minimum absolute atomic E-state index is 0.0166. The first-order chi connectivity index (χ1) is 18.4. The summed E-state index contributed by atoms with van der Waals surface area (Å²) in [6.45, 7) is 2.69. The molecule has 3 aromatic carbocycles. The van der Waals surface area contributed by atoms with Gasteiger partial charge in [0.2, 0.25) is 0 Å². The van der Waals surface area contributed by atoms with Crippen LogP contribution in [0.25, 0.3) is 16.0 Å². The summed E-state index contributed by atoms with van der Waals surface area (Å²) in [6.07, 6.45) is 1.96. The standard InChI is InChI=1S/C29H25ClN2O5S/c1-3-4-15-37-21-12-5-17(6-13-21)25-24(26(33)18-7-10-20(36-2)11-8-18)27(34)28(35)32(25)29-31-22-14-9-19(30)16-23(22)38-29/h5-14,16,25,33H,3-4,15H2,1-2H3/b26-24+. The molecule has 0 bridgehead atoms. The molecule has 0 saturated carbocycles. The lowest BCUT2D eigenvalue weighted by Crippen LogP contribution is -2.29. The molecule has 9 heteroatoms. The van der Waals surface area contributed by atoms with E-state index < -0.39 is 17.7 Å².